The first kappa shape index (κ1) is 5.41. The first-order chi connectivity index (χ1) is 3.39. The highest BCUT2D eigenvalue weighted by atomic mass is 32.2. The van der Waals surface area contributed by atoms with Crippen molar-refractivity contribution in [2.24, 2.45) is 0 Å². The first-order valence-corrected chi connectivity index (χ1v) is 3.25. The summed E-state index contributed by atoms with van der Waals surface area (Å²) in [5.41, 5.74) is 0.328. The molecule has 0 aliphatic carbocycles. The monoisotopic (exact) mass is 120 g/mol. The molecule has 0 radical (unpaired) electrons. The lowest BCUT2D eigenvalue weighted by Gasteiger charge is -2.17. The van der Waals surface area contributed by atoms with Crippen LogP contribution < -0.4 is 0 Å². The van der Waals surface area contributed by atoms with Gasteiger partial charge in [0, 0.05) is 0 Å². The normalized spacial score (nSPS) is 33.0. The smallest absolute Gasteiger partial charge is 0.149 e. The van der Waals surface area contributed by atoms with Crippen LogP contribution in [0.15, 0.2) is 0 Å². The fraction of sp³-hybridized carbons (Fsp3) is 1.00. The van der Waals surface area contributed by atoms with E-state index in [9.17, 15) is 0 Å². The third-order valence-electron chi connectivity index (χ3n) is 0.772. The summed E-state index contributed by atoms with van der Waals surface area (Å²) >= 11 is 1.67. The van der Waals surface area contributed by atoms with Gasteiger partial charge in [0.1, 0.15) is 12.2 Å². The molecule has 0 spiro atoms. The van der Waals surface area contributed by atoms with Crippen molar-refractivity contribution in [2.45, 2.75) is 12.4 Å². The van der Waals surface area contributed by atoms with Crippen molar-refractivity contribution in [2.75, 3.05) is 12.7 Å². The predicted molar refractivity (Wildman–Crippen MR) is 29.0 cm³/mol. The van der Waals surface area contributed by atoms with Gasteiger partial charge in [0.05, 0.1) is 5.94 Å². The molecule has 0 bridgehead atoms. The van der Waals surface area contributed by atoms with Gasteiger partial charge in [-0.2, -0.15) is 0 Å². The molecule has 0 N–H and O–H groups in total. The maximum Gasteiger partial charge on any atom is 0.149 e. The van der Waals surface area contributed by atoms with Crippen LogP contribution in [0.3, 0.4) is 0 Å². The SMILES string of the molecule is CC1OCOCS1. The van der Waals surface area contributed by atoms with E-state index in [-0.39, 0.29) is 0 Å². The molecular weight excluding hydrogens is 112 g/mol. The summed E-state index contributed by atoms with van der Waals surface area (Å²) < 4.78 is 9.90. The molecule has 0 aromatic carbocycles. The number of hydrogen-bond donors (Lipinski definition) is 0. The summed E-state index contributed by atoms with van der Waals surface area (Å²) in [6, 6.07) is 0. The van der Waals surface area contributed by atoms with Crippen LogP contribution in [0.2, 0.25) is 0 Å². The molecule has 1 heterocycles. The van der Waals surface area contributed by atoms with Crippen molar-refractivity contribution >= 4 is 11.8 Å². The lowest BCUT2D eigenvalue weighted by Crippen LogP contribution is -2.14. The van der Waals surface area contributed by atoms with E-state index >= 15 is 0 Å². The Morgan fingerprint density at radius 3 is 2.86 bits per heavy atom. The van der Waals surface area contributed by atoms with Gasteiger partial charge in [-0.25, -0.2) is 0 Å². The van der Waals surface area contributed by atoms with Crippen molar-refractivity contribution in [3.8, 4) is 0 Å². The second-order valence-corrected chi connectivity index (χ2v) is 2.57. The van der Waals surface area contributed by atoms with E-state index in [1.54, 1.807) is 11.8 Å². The topological polar surface area (TPSA) is 18.5 Å². The minimum absolute atomic E-state index is 0.328. The molecule has 1 aliphatic heterocycles. The summed E-state index contributed by atoms with van der Waals surface area (Å²) in [5, 5.41) is 0. The molecule has 1 saturated heterocycles. The van der Waals surface area contributed by atoms with Gasteiger partial charge >= 0.3 is 0 Å². The van der Waals surface area contributed by atoms with Crippen LogP contribution in [0.5, 0.6) is 0 Å². The zero-order chi connectivity index (χ0) is 5.11. The van der Waals surface area contributed by atoms with Gasteiger partial charge < -0.3 is 9.47 Å². The molecule has 1 atom stereocenters. The highest BCUT2D eigenvalue weighted by Crippen LogP contribution is 2.15. The summed E-state index contributed by atoms with van der Waals surface area (Å²) in [6.07, 6.45) is 0. The Bertz CT molecular complexity index is 51.7. The fourth-order valence-corrected chi connectivity index (χ4v) is 0.878. The van der Waals surface area contributed by atoms with Crippen molar-refractivity contribution in [3.63, 3.8) is 0 Å². The Labute approximate surface area is 47.2 Å². The van der Waals surface area contributed by atoms with E-state index in [0.717, 1.165) is 5.94 Å². The quantitative estimate of drug-likeness (QED) is 0.475. The Morgan fingerprint density at radius 1 is 1.71 bits per heavy atom. The molecule has 1 fully saturated rings. The van der Waals surface area contributed by atoms with Crippen molar-refractivity contribution < 1.29 is 9.47 Å². The van der Waals surface area contributed by atoms with Gasteiger partial charge in [0.25, 0.3) is 0 Å². The maximum atomic E-state index is 5.02. The van der Waals surface area contributed by atoms with Crippen LogP contribution in [0.25, 0.3) is 0 Å². The standard InChI is InChI=1S/C4H8O2S/c1-4-6-2-5-3-7-4/h4H,2-3H2,1H3. The second-order valence-electron chi connectivity index (χ2n) is 1.34. The van der Waals surface area contributed by atoms with Crippen LogP contribution in [0, 0.1) is 0 Å². The Morgan fingerprint density at radius 2 is 2.57 bits per heavy atom. The number of hydrogen-bond acceptors (Lipinski definition) is 3. The summed E-state index contributed by atoms with van der Waals surface area (Å²) in [7, 11) is 0. The highest BCUT2D eigenvalue weighted by molar-refractivity contribution is 7.99. The lowest BCUT2D eigenvalue weighted by molar-refractivity contribution is -0.0570. The van der Waals surface area contributed by atoms with Crippen LogP contribution in [-0.4, -0.2) is 18.2 Å². The summed E-state index contributed by atoms with van der Waals surface area (Å²) in [4.78, 5) is 0. The molecule has 0 saturated carbocycles. The van der Waals surface area contributed by atoms with Crippen LogP contribution >= 0.6 is 11.8 Å². The molecule has 7 heavy (non-hydrogen) atoms. The van der Waals surface area contributed by atoms with E-state index in [2.05, 4.69) is 0 Å². The zero-order valence-corrected chi connectivity index (χ0v) is 5.03. The summed E-state index contributed by atoms with van der Waals surface area (Å²) in [5.74, 6) is 0.779. The first-order valence-electron chi connectivity index (χ1n) is 2.20. The van der Waals surface area contributed by atoms with Crippen molar-refractivity contribution in [3.05, 3.63) is 0 Å². The van der Waals surface area contributed by atoms with Gasteiger partial charge in [0.15, 0.2) is 0 Å². The largest absolute Gasteiger partial charge is 0.345 e. The average molecular weight is 120 g/mol. The molecular formula is C4H8O2S. The van der Waals surface area contributed by atoms with E-state index in [1.807, 2.05) is 6.92 Å². The van der Waals surface area contributed by atoms with E-state index in [1.165, 1.54) is 0 Å². The zero-order valence-electron chi connectivity index (χ0n) is 4.22. The Kier molecular flexibility index (Phi) is 1.97. The Balaban J connectivity index is 2.12. The van der Waals surface area contributed by atoms with Gasteiger partial charge in [-0.15, -0.1) is 11.8 Å². The average Bonchev–Trinajstić information content (AvgIpc) is 1.69. The van der Waals surface area contributed by atoms with Crippen molar-refractivity contribution in [1.29, 1.82) is 0 Å². The van der Waals surface area contributed by atoms with E-state index in [0.29, 0.717) is 12.2 Å². The van der Waals surface area contributed by atoms with Crippen LogP contribution in [-0.2, 0) is 9.47 Å². The lowest BCUT2D eigenvalue weighted by atomic mass is 10.8. The predicted octanol–water partition coefficient (Wildman–Crippen LogP) is 1.03. The minimum Gasteiger partial charge on any atom is -0.345 e. The third-order valence-corrected chi connectivity index (χ3v) is 1.68. The molecule has 3 heteroatoms. The molecule has 1 rings (SSSR count). The van der Waals surface area contributed by atoms with Gasteiger partial charge in [-0.05, 0) is 6.92 Å². The number of rotatable bonds is 0. The maximum absolute atomic E-state index is 5.02. The number of ether oxygens (including phenoxy) is 2. The van der Waals surface area contributed by atoms with Crippen LogP contribution in [0.1, 0.15) is 6.92 Å². The molecule has 2 nitrogen and oxygen atoms in total. The molecule has 0 aromatic rings. The highest BCUT2D eigenvalue weighted by Gasteiger charge is 2.06. The molecule has 0 aromatic heterocycles. The molecule has 0 amide bonds. The van der Waals surface area contributed by atoms with Crippen LogP contribution in [0.4, 0.5) is 0 Å². The van der Waals surface area contributed by atoms with E-state index < -0.39 is 0 Å². The van der Waals surface area contributed by atoms with Gasteiger partial charge in [-0.3, -0.25) is 0 Å². The van der Waals surface area contributed by atoms with Gasteiger partial charge in [-0.1, -0.05) is 0 Å². The van der Waals surface area contributed by atoms with E-state index in [4.69, 9.17) is 9.47 Å². The van der Waals surface area contributed by atoms with Crippen molar-refractivity contribution in [1.82, 2.24) is 0 Å². The molecule has 42 valence electrons. The van der Waals surface area contributed by atoms with Gasteiger partial charge in [0.2, 0.25) is 0 Å². The number of thioether (sulfide) groups is 1. The Hall–Kier alpha value is 0.270. The molecule has 1 aliphatic rings. The fourth-order valence-electron chi connectivity index (χ4n) is 0.370. The summed E-state index contributed by atoms with van der Waals surface area (Å²) in [6.45, 7) is 2.49. The second kappa shape index (κ2) is 2.55. The molecule has 1 unspecified atom stereocenters. The minimum atomic E-state index is 0.328. The third kappa shape index (κ3) is 1.67.